The quantitative estimate of drug-likeness (QED) is 0.702. The number of carbonyl (C=O) groups excluding carboxylic acids is 1. The van der Waals surface area contributed by atoms with E-state index < -0.39 is 0 Å². The first kappa shape index (κ1) is 17.2. The summed E-state index contributed by atoms with van der Waals surface area (Å²) in [6.45, 7) is 1.24. The Bertz CT molecular complexity index is 1070. The third-order valence-electron chi connectivity index (χ3n) is 4.47. The highest BCUT2D eigenvalue weighted by Crippen LogP contribution is 2.35. The molecule has 2 N–H and O–H groups in total. The van der Waals surface area contributed by atoms with Gasteiger partial charge in [0.25, 0.3) is 5.91 Å². The van der Waals surface area contributed by atoms with Gasteiger partial charge in [-0.15, -0.1) is 0 Å². The van der Waals surface area contributed by atoms with Gasteiger partial charge < -0.3 is 29.6 Å². The van der Waals surface area contributed by atoms with Crippen molar-refractivity contribution in [2.75, 3.05) is 30.6 Å². The van der Waals surface area contributed by atoms with E-state index in [1.165, 1.54) is 6.20 Å². The Morgan fingerprint density at radius 2 is 1.48 bits per heavy atom. The van der Waals surface area contributed by atoms with Crippen molar-refractivity contribution in [1.82, 2.24) is 4.98 Å². The lowest BCUT2D eigenvalue weighted by molar-refractivity contribution is 0.102. The molecular weight excluding hydrogens is 374 g/mol. The molecule has 146 valence electrons. The normalized spacial score (nSPS) is 13.7. The highest BCUT2D eigenvalue weighted by molar-refractivity contribution is 6.04. The Balaban J connectivity index is 1.25. The first-order valence-electron chi connectivity index (χ1n) is 9.08. The molecule has 0 saturated carbocycles. The Hall–Kier alpha value is -3.94. The van der Waals surface area contributed by atoms with Crippen LogP contribution >= 0.6 is 0 Å². The summed E-state index contributed by atoms with van der Waals surface area (Å²) in [4.78, 5) is 16.8. The van der Waals surface area contributed by atoms with Gasteiger partial charge in [0.1, 0.15) is 19.0 Å². The molecule has 0 aliphatic carbocycles. The SMILES string of the molecule is O=C(Nc1ccc2c(c1)OCCO2)c1ccc(Nc2ccc3c(c2)OCO3)nc1. The van der Waals surface area contributed by atoms with Gasteiger partial charge in [-0.1, -0.05) is 0 Å². The van der Waals surface area contributed by atoms with Gasteiger partial charge in [-0.25, -0.2) is 4.98 Å². The number of amides is 1. The third-order valence-corrected chi connectivity index (χ3v) is 4.47. The van der Waals surface area contributed by atoms with Crippen LogP contribution in [0.2, 0.25) is 0 Å². The average molecular weight is 391 g/mol. The number of aromatic nitrogens is 1. The topological polar surface area (TPSA) is 90.9 Å². The summed E-state index contributed by atoms with van der Waals surface area (Å²) in [5, 5.41) is 6.02. The van der Waals surface area contributed by atoms with Crippen molar-refractivity contribution in [3.05, 3.63) is 60.3 Å². The first-order chi connectivity index (χ1) is 14.2. The van der Waals surface area contributed by atoms with E-state index in [2.05, 4.69) is 15.6 Å². The molecule has 8 nitrogen and oxygen atoms in total. The standard InChI is InChI=1S/C21H17N3O5/c25-21(24-15-3-4-16-18(10-15)27-8-7-26-16)13-1-6-20(22-11-13)23-14-2-5-17-19(9-14)29-12-28-17/h1-6,9-11H,7-8,12H2,(H,22,23)(H,24,25). The number of rotatable bonds is 4. The van der Waals surface area contributed by atoms with E-state index in [4.69, 9.17) is 18.9 Å². The van der Waals surface area contributed by atoms with Crippen molar-refractivity contribution >= 4 is 23.1 Å². The van der Waals surface area contributed by atoms with Gasteiger partial charge in [0.05, 0.1) is 5.56 Å². The van der Waals surface area contributed by atoms with Crippen LogP contribution < -0.4 is 29.6 Å². The lowest BCUT2D eigenvalue weighted by Gasteiger charge is -2.19. The molecule has 2 aromatic carbocycles. The maximum atomic E-state index is 12.5. The van der Waals surface area contributed by atoms with Crippen LogP contribution in [0, 0.1) is 0 Å². The van der Waals surface area contributed by atoms with Crippen molar-refractivity contribution in [1.29, 1.82) is 0 Å². The predicted octanol–water partition coefficient (Wildman–Crippen LogP) is 3.58. The monoisotopic (exact) mass is 391 g/mol. The van der Waals surface area contributed by atoms with Crippen LogP contribution in [0.15, 0.2) is 54.7 Å². The number of hydrogen-bond acceptors (Lipinski definition) is 7. The van der Waals surface area contributed by atoms with Crippen molar-refractivity contribution in [2.24, 2.45) is 0 Å². The van der Waals surface area contributed by atoms with Gasteiger partial charge in [0.15, 0.2) is 23.0 Å². The van der Waals surface area contributed by atoms with Crippen LogP contribution in [-0.2, 0) is 0 Å². The van der Waals surface area contributed by atoms with Crippen molar-refractivity contribution in [2.45, 2.75) is 0 Å². The minimum Gasteiger partial charge on any atom is -0.486 e. The van der Waals surface area contributed by atoms with Gasteiger partial charge in [0, 0.05) is 29.7 Å². The Morgan fingerprint density at radius 1 is 0.793 bits per heavy atom. The van der Waals surface area contributed by atoms with Crippen molar-refractivity contribution in [3.63, 3.8) is 0 Å². The van der Waals surface area contributed by atoms with Crippen molar-refractivity contribution in [3.8, 4) is 23.0 Å². The molecule has 0 bridgehead atoms. The second-order valence-corrected chi connectivity index (χ2v) is 6.44. The molecule has 0 saturated heterocycles. The van der Waals surface area contributed by atoms with Crippen LogP contribution in [0.1, 0.15) is 10.4 Å². The summed E-state index contributed by atoms with van der Waals surface area (Å²) >= 11 is 0. The number of carbonyl (C=O) groups is 1. The molecule has 8 heteroatoms. The summed E-state index contributed by atoms with van der Waals surface area (Å²) in [5.41, 5.74) is 1.88. The molecule has 2 aliphatic rings. The summed E-state index contributed by atoms with van der Waals surface area (Å²) in [7, 11) is 0. The van der Waals surface area contributed by atoms with E-state index in [9.17, 15) is 4.79 Å². The molecule has 0 radical (unpaired) electrons. The van der Waals surface area contributed by atoms with Crippen LogP contribution in [0.3, 0.4) is 0 Å². The largest absolute Gasteiger partial charge is 0.486 e. The molecule has 0 spiro atoms. The predicted molar refractivity (Wildman–Crippen MR) is 105 cm³/mol. The fourth-order valence-electron chi connectivity index (χ4n) is 3.05. The average Bonchev–Trinajstić information content (AvgIpc) is 3.22. The lowest BCUT2D eigenvalue weighted by atomic mass is 10.2. The van der Waals surface area contributed by atoms with E-state index in [1.807, 2.05) is 18.2 Å². The molecule has 0 unspecified atom stereocenters. The minimum absolute atomic E-state index is 0.226. The van der Waals surface area contributed by atoms with E-state index in [1.54, 1.807) is 30.3 Å². The molecule has 29 heavy (non-hydrogen) atoms. The molecule has 1 amide bonds. The van der Waals surface area contributed by atoms with E-state index in [0.717, 1.165) is 11.4 Å². The molecule has 1 aromatic heterocycles. The van der Waals surface area contributed by atoms with Crippen molar-refractivity contribution < 1.29 is 23.7 Å². The molecule has 0 fully saturated rings. The second kappa shape index (κ2) is 7.23. The number of hydrogen-bond donors (Lipinski definition) is 2. The number of pyridine rings is 1. The molecule has 5 rings (SSSR count). The van der Waals surface area contributed by atoms with Gasteiger partial charge in [-0.05, 0) is 36.4 Å². The number of nitrogens with zero attached hydrogens (tertiary/aromatic N) is 1. The highest BCUT2D eigenvalue weighted by Gasteiger charge is 2.15. The fourth-order valence-corrected chi connectivity index (χ4v) is 3.05. The lowest BCUT2D eigenvalue weighted by Crippen LogP contribution is -2.16. The first-order valence-corrected chi connectivity index (χ1v) is 9.08. The van der Waals surface area contributed by atoms with Crippen LogP contribution in [0.4, 0.5) is 17.2 Å². The maximum Gasteiger partial charge on any atom is 0.257 e. The second-order valence-electron chi connectivity index (χ2n) is 6.44. The molecule has 2 aliphatic heterocycles. The number of fused-ring (bicyclic) bond motifs is 2. The van der Waals surface area contributed by atoms with E-state index in [-0.39, 0.29) is 12.7 Å². The number of benzene rings is 2. The summed E-state index contributed by atoms with van der Waals surface area (Å²) in [5.74, 6) is 3.05. The number of nitrogens with one attached hydrogen (secondary N) is 2. The minimum atomic E-state index is -0.260. The zero-order valence-corrected chi connectivity index (χ0v) is 15.3. The Kier molecular flexibility index (Phi) is 4.28. The van der Waals surface area contributed by atoms with Gasteiger partial charge in [-0.2, -0.15) is 0 Å². The van der Waals surface area contributed by atoms with E-state index in [0.29, 0.717) is 47.5 Å². The van der Waals surface area contributed by atoms with Gasteiger partial charge in [-0.3, -0.25) is 4.79 Å². The molecule has 3 heterocycles. The molecular formula is C21H17N3O5. The number of anilines is 3. The number of ether oxygens (including phenoxy) is 4. The third kappa shape index (κ3) is 3.60. The Labute approximate surface area is 166 Å². The highest BCUT2D eigenvalue weighted by atomic mass is 16.7. The summed E-state index contributed by atoms with van der Waals surface area (Å²) in [6.07, 6.45) is 1.52. The zero-order valence-electron chi connectivity index (χ0n) is 15.3. The summed E-state index contributed by atoms with van der Waals surface area (Å²) in [6, 6.07) is 14.3. The van der Waals surface area contributed by atoms with E-state index >= 15 is 0 Å². The summed E-state index contributed by atoms with van der Waals surface area (Å²) < 4.78 is 21.7. The fraction of sp³-hybridized carbons (Fsp3) is 0.143. The van der Waals surface area contributed by atoms with Gasteiger partial charge >= 0.3 is 0 Å². The van der Waals surface area contributed by atoms with Crippen LogP contribution in [-0.4, -0.2) is 30.9 Å². The van der Waals surface area contributed by atoms with Gasteiger partial charge in [0.2, 0.25) is 6.79 Å². The van der Waals surface area contributed by atoms with Crippen LogP contribution in [0.5, 0.6) is 23.0 Å². The van der Waals surface area contributed by atoms with Crippen LogP contribution in [0.25, 0.3) is 0 Å². The maximum absolute atomic E-state index is 12.5. The molecule has 0 atom stereocenters. The smallest absolute Gasteiger partial charge is 0.257 e. The Morgan fingerprint density at radius 3 is 2.31 bits per heavy atom. The zero-order chi connectivity index (χ0) is 19.6. The molecule has 3 aromatic rings.